The van der Waals surface area contributed by atoms with Crippen molar-refractivity contribution in [3.63, 3.8) is 0 Å². The normalized spacial score (nSPS) is 23.6. The SMILES string of the molecule is CC(C)(C)c1ccncc1CNC(=O)N1CC[C@@H]2OCC(=O)N[C@H]2C1. The van der Waals surface area contributed by atoms with Gasteiger partial charge in [-0.2, -0.15) is 0 Å². The molecule has 0 unspecified atom stereocenters. The first-order chi connectivity index (χ1) is 11.8. The van der Waals surface area contributed by atoms with E-state index in [1.54, 1.807) is 11.1 Å². The number of carbonyl (C=O) groups is 2. The Bertz CT molecular complexity index is 656. The summed E-state index contributed by atoms with van der Waals surface area (Å²) in [5.74, 6) is -0.117. The fourth-order valence-electron chi connectivity index (χ4n) is 3.47. The first-order valence-electron chi connectivity index (χ1n) is 8.71. The summed E-state index contributed by atoms with van der Waals surface area (Å²) in [6.07, 6.45) is 4.33. The van der Waals surface area contributed by atoms with Gasteiger partial charge in [0.05, 0.1) is 12.1 Å². The van der Waals surface area contributed by atoms with E-state index in [9.17, 15) is 9.59 Å². The van der Waals surface area contributed by atoms with Crippen molar-refractivity contribution in [2.45, 2.75) is 51.3 Å². The lowest BCUT2D eigenvalue weighted by molar-refractivity contribution is -0.139. The van der Waals surface area contributed by atoms with Crippen LogP contribution in [0.2, 0.25) is 0 Å². The quantitative estimate of drug-likeness (QED) is 0.842. The summed E-state index contributed by atoms with van der Waals surface area (Å²) in [5, 5.41) is 5.89. The van der Waals surface area contributed by atoms with E-state index in [-0.39, 0.29) is 36.1 Å². The number of aromatic nitrogens is 1. The highest BCUT2D eigenvalue weighted by Gasteiger charge is 2.36. The van der Waals surface area contributed by atoms with Crippen LogP contribution in [0.4, 0.5) is 4.79 Å². The lowest BCUT2D eigenvalue weighted by atomic mass is 9.85. The molecule has 0 radical (unpaired) electrons. The highest BCUT2D eigenvalue weighted by molar-refractivity contribution is 5.79. The van der Waals surface area contributed by atoms with Crippen molar-refractivity contribution in [2.24, 2.45) is 0 Å². The van der Waals surface area contributed by atoms with E-state index in [0.717, 1.165) is 12.0 Å². The van der Waals surface area contributed by atoms with E-state index in [2.05, 4.69) is 36.4 Å². The molecule has 0 saturated carbocycles. The number of rotatable bonds is 2. The highest BCUT2D eigenvalue weighted by atomic mass is 16.5. The van der Waals surface area contributed by atoms with E-state index < -0.39 is 0 Å². The molecule has 0 aliphatic carbocycles. The van der Waals surface area contributed by atoms with Crippen molar-refractivity contribution in [1.82, 2.24) is 20.5 Å². The van der Waals surface area contributed by atoms with Crippen molar-refractivity contribution >= 4 is 11.9 Å². The molecule has 7 nitrogen and oxygen atoms in total. The number of hydrogen-bond donors (Lipinski definition) is 2. The number of nitrogens with zero attached hydrogens (tertiary/aromatic N) is 2. The van der Waals surface area contributed by atoms with Gasteiger partial charge in [-0.05, 0) is 29.0 Å². The molecule has 3 rings (SSSR count). The number of fused-ring (bicyclic) bond motifs is 1. The van der Waals surface area contributed by atoms with Gasteiger partial charge < -0.3 is 20.3 Å². The van der Waals surface area contributed by atoms with Crippen LogP contribution in [0, 0.1) is 0 Å². The summed E-state index contributed by atoms with van der Waals surface area (Å²) < 4.78 is 5.53. The van der Waals surface area contributed by atoms with Gasteiger partial charge in [0, 0.05) is 32.0 Å². The molecule has 3 heterocycles. The van der Waals surface area contributed by atoms with Crippen LogP contribution in [0.5, 0.6) is 0 Å². The van der Waals surface area contributed by atoms with Crippen molar-refractivity contribution in [1.29, 1.82) is 0 Å². The van der Waals surface area contributed by atoms with Gasteiger partial charge in [0.2, 0.25) is 5.91 Å². The molecule has 7 heteroatoms. The second kappa shape index (κ2) is 7.00. The number of pyridine rings is 1. The first kappa shape index (κ1) is 17.7. The Labute approximate surface area is 148 Å². The summed E-state index contributed by atoms with van der Waals surface area (Å²) in [5.41, 5.74) is 2.19. The average molecular weight is 346 g/mol. The van der Waals surface area contributed by atoms with Crippen molar-refractivity contribution in [2.75, 3.05) is 19.7 Å². The van der Waals surface area contributed by atoms with Crippen LogP contribution in [0.1, 0.15) is 38.3 Å². The second-order valence-electron chi connectivity index (χ2n) is 7.70. The third-order valence-electron chi connectivity index (χ3n) is 4.75. The minimum Gasteiger partial charge on any atom is -0.366 e. The first-order valence-corrected chi connectivity index (χ1v) is 8.71. The molecule has 2 atom stereocenters. The number of piperidine rings is 1. The molecule has 2 saturated heterocycles. The minimum absolute atomic E-state index is 0.00701. The van der Waals surface area contributed by atoms with Crippen molar-refractivity contribution in [3.05, 3.63) is 29.6 Å². The van der Waals surface area contributed by atoms with Gasteiger partial charge in [-0.15, -0.1) is 0 Å². The Hall–Kier alpha value is -2.15. The maximum atomic E-state index is 12.5. The number of likely N-dealkylation sites (tertiary alicyclic amines) is 1. The van der Waals surface area contributed by atoms with Gasteiger partial charge in [0.25, 0.3) is 0 Å². The smallest absolute Gasteiger partial charge is 0.317 e. The van der Waals surface area contributed by atoms with Gasteiger partial charge in [-0.3, -0.25) is 9.78 Å². The zero-order chi connectivity index (χ0) is 18.0. The van der Waals surface area contributed by atoms with Gasteiger partial charge in [-0.25, -0.2) is 4.79 Å². The monoisotopic (exact) mass is 346 g/mol. The number of ether oxygens (including phenoxy) is 1. The van der Waals surface area contributed by atoms with Crippen LogP contribution in [0.3, 0.4) is 0 Å². The Kier molecular flexibility index (Phi) is 4.94. The minimum atomic E-state index is -0.123. The molecular formula is C18H26N4O3. The number of morpholine rings is 1. The maximum absolute atomic E-state index is 12.5. The van der Waals surface area contributed by atoms with E-state index in [0.29, 0.717) is 19.6 Å². The van der Waals surface area contributed by atoms with Crippen molar-refractivity contribution < 1.29 is 14.3 Å². The number of carbonyl (C=O) groups excluding carboxylic acids is 2. The van der Waals surface area contributed by atoms with Crippen molar-refractivity contribution in [3.8, 4) is 0 Å². The van der Waals surface area contributed by atoms with Gasteiger partial charge in [0.15, 0.2) is 0 Å². The average Bonchev–Trinajstić information content (AvgIpc) is 2.58. The third-order valence-corrected chi connectivity index (χ3v) is 4.75. The van der Waals surface area contributed by atoms with E-state index in [1.165, 1.54) is 5.56 Å². The largest absolute Gasteiger partial charge is 0.366 e. The Morgan fingerprint density at radius 3 is 3.04 bits per heavy atom. The standard InChI is InChI=1S/C18H26N4O3/c1-18(2,3)13-4-6-19-8-12(13)9-20-17(24)22-7-5-15-14(10-22)21-16(23)11-25-15/h4,6,8,14-15H,5,7,9-11H2,1-3H3,(H,20,24)(H,21,23)/t14-,15-/m0/s1. The third kappa shape index (κ3) is 4.10. The maximum Gasteiger partial charge on any atom is 0.317 e. The van der Waals surface area contributed by atoms with Gasteiger partial charge in [0.1, 0.15) is 6.61 Å². The van der Waals surface area contributed by atoms with E-state index >= 15 is 0 Å². The molecule has 2 aliphatic heterocycles. The summed E-state index contributed by atoms with van der Waals surface area (Å²) >= 11 is 0. The zero-order valence-electron chi connectivity index (χ0n) is 15.0. The van der Waals surface area contributed by atoms with Crippen LogP contribution >= 0.6 is 0 Å². The molecule has 25 heavy (non-hydrogen) atoms. The number of urea groups is 1. The van der Waals surface area contributed by atoms with E-state index in [4.69, 9.17) is 4.74 Å². The Balaban J connectivity index is 1.59. The molecule has 2 N–H and O–H groups in total. The fourth-order valence-corrected chi connectivity index (χ4v) is 3.47. The molecule has 136 valence electrons. The lowest BCUT2D eigenvalue weighted by Gasteiger charge is -2.41. The zero-order valence-corrected chi connectivity index (χ0v) is 15.0. The summed E-state index contributed by atoms with van der Waals surface area (Å²) in [6, 6.07) is 1.76. The van der Waals surface area contributed by atoms with Gasteiger partial charge >= 0.3 is 6.03 Å². The van der Waals surface area contributed by atoms with Crippen LogP contribution in [0.15, 0.2) is 18.5 Å². The summed E-state index contributed by atoms with van der Waals surface area (Å²) in [6.45, 7) is 8.08. The van der Waals surface area contributed by atoms with Gasteiger partial charge in [-0.1, -0.05) is 20.8 Å². The van der Waals surface area contributed by atoms with Crippen LogP contribution < -0.4 is 10.6 Å². The molecule has 0 spiro atoms. The Morgan fingerprint density at radius 1 is 1.48 bits per heavy atom. The highest BCUT2D eigenvalue weighted by Crippen LogP contribution is 2.25. The molecule has 3 amide bonds. The molecular weight excluding hydrogens is 320 g/mol. The molecule has 0 aromatic carbocycles. The number of nitrogens with one attached hydrogen (secondary N) is 2. The molecule has 0 bridgehead atoms. The molecule has 2 aliphatic rings. The summed E-state index contributed by atoms with van der Waals surface area (Å²) in [4.78, 5) is 29.9. The number of hydrogen-bond acceptors (Lipinski definition) is 4. The topological polar surface area (TPSA) is 83.6 Å². The molecule has 2 fully saturated rings. The second-order valence-corrected chi connectivity index (χ2v) is 7.70. The Morgan fingerprint density at radius 2 is 2.28 bits per heavy atom. The van der Waals surface area contributed by atoms with E-state index in [1.807, 2.05) is 12.3 Å². The molecule has 1 aromatic heterocycles. The fraction of sp³-hybridized carbons (Fsp3) is 0.611. The summed E-state index contributed by atoms with van der Waals surface area (Å²) in [7, 11) is 0. The predicted molar refractivity (Wildman–Crippen MR) is 93.0 cm³/mol. The lowest BCUT2D eigenvalue weighted by Crippen LogP contribution is -2.62. The predicted octanol–water partition coefficient (Wildman–Crippen LogP) is 1.18. The van der Waals surface area contributed by atoms with Crippen LogP contribution in [-0.2, 0) is 21.5 Å². The number of amides is 3. The van der Waals surface area contributed by atoms with Crippen LogP contribution in [0.25, 0.3) is 0 Å². The molecule has 1 aromatic rings. The van der Waals surface area contributed by atoms with Crippen LogP contribution in [-0.4, -0.2) is 53.7 Å².